The summed E-state index contributed by atoms with van der Waals surface area (Å²) in [5.41, 5.74) is 1.59. The topological polar surface area (TPSA) is 69.0 Å². The zero-order valence-electron chi connectivity index (χ0n) is 16.1. The Bertz CT molecular complexity index is 1160. The van der Waals surface area contributed by atoms with E-state index >= 15 is 0 Å². The molecule has 6 nitrogen and oxygen atoms in total. The van der Waals surface area contributed by atoms with Gasteiger partial charge in [-0.25, -0.2) is 0 Å². The van der Waals surface area contributed by atoms with Gasteiger partial charge in [0.1, 0.15) is 12.1 Å². The van der Waals surface area contributed by atoms with Crippen molar-refractivity contribution in [2.24, 2.45) is 0 Å². The van der Waals surface area contributed by atoms with E-state index in [-0.39, 0.29) is 11.2 Å². The highest BCUT2D eigenvalue weighted by Crippen LogP contribution is 2.29. The lowest BCUT2D eigenvalue weighted by Gasteiger charge is -2.14. The summed E-state index contributed by atoms with van der Waals surface area (Å²) in [7, 11) is 1.62. The van der Waals surface area contributed by atoms with Crippen LogP contribution in [-0.4, -0.2) is 33.0 Å². The summed E-state index contributed by atoms with van der Waals surface area (Å²) in [5, 5.41) is 13.7. The molecule has 0 aliphatic carbocycles. The smallest absolute Gasteiger partial charge is 0.237 e. The number of benzene rings is 3. The lowest BCUT2D eigenvalue weighted by molar-refractivity contribution is -0.115. The molecule has 1 heterocycles. The molecule has 4 rings (SSSR count). The predicted octanol–water partition coefficient (Wildman–Crippen LogP) is 4.55. The van der Waals surface area contributed by atoms with Gasteiger partial charge in [-0.2, -0.15) is 0 Å². The Hall–Kier alpha value is -3.32. The first-order chi connectivity index (χ1) is 14.2. The molecule has 0 bridgehead atoms. The number of hydrogen-bond donors (Lipinski definition) is 1. The van der Waals surface area contributed by atoms with E-state index in [1.165, 1.54) is 11.8 Å². The number of fused-ring (bicyclic) bond motifs is 1. The molecule has 4 aromatic rings. The van der Waals surface area contributed by atoms with Crippen LogP contribution in [0.25, 0.3) is 16.5 Å². The molecule has 0 fully saturated rings. The molecule has 146 valence electrons. The largest absolute Gasteiger partial charge is 0.495 e. The van der Waals surface area contributed by atoms with Crippen LogP contribution in [-0.2, 0) is 4.79 Å². The molecule has 1 N–H and O–H groups in total. The fourth-order valence-electron chi connectivity index (χ4n) is 3.02. The summed E-state index contributed by atoms with van der Waals surface area (Å²) in [6, 6.07) is 21.6. The Kier molecular flexibility index (Phi) is 5.48. The van der Waals surface area contributed by atoms with Gasteiger partial charge in [-0.1, -0.05) is 54.2 Å². The van der Waals surface area contributed by atoms with Crippen LogP contribution < -0.4 is 10.1 Å². The van der Waals surface area contributed by atoms with E-state index in [0.29, 0.717) is 10.9 Å². The molecule has 1 atom stereocenters. The summed E-state index contributed by atoms with van der Waals surface area (Å²) < 4.78 is 7.25. The van der Waals surface area contributed by atoms with E-state index in [4.69, 9.17) is 4.74 Å². The van der Waals surface area contributed by atoms with E-state index in [1.54, 1.807) is 13.4 Å². The van der Waals surface area contributed by atoms with Crippen molar-refractivity contribution in [1.29, 1.82) is 0 Å². The second-order valence-electron chi connectivity index (χ2n) is 6.47. The number of nitrogens with one attached hydrogen (secondary N) is 1. The third-order valence-corrected chi connectivity index (χ3v) is 5.59. The summed E-state index contributed by atoms with van der Waals surface area (Å²) in [6.45, 7) is 1.85. The highest BCUT2D eigenvalue weighted by Gasteiger charge is 2.19. The van der Waals surface area contributed by atoms with Crippen LogP contribution >= 0.6 is 11.8 Å². The number of carbonyl (C=O) groups is 1. The van der Waals surface area contributed by atoms with Crippen LogP contribution in [0.5, 0.6) is 5.75 Å². The minimum absolute atomic E-state index is 0.0974. The summed E-state index contributed by atoms with van der Waals surface area (Å²) in [5.74, 6) is 0.613. The second kappa shape index (κ2) is 8.36. The number of nitrogens with zero attached hydrogens (tertiary/aromatic N) is 3. The quantitative estimate of drug-likeness (QED) is 0.478. The Morgan fingerprint density at radius 1 is 1.07 bits per heavy atom. The van der Waals surface area contributed by atoms with Crippen molar-refractivity contribution >= 4 is 34.1 Å². The molecular weight excluding hydrogens is 384 g/mol. The number of amides is 1. The molecular formula is C22H20N4O2S. The zero-order chi connectivity index (χ0) is 20.2. The highest BCUT2D eigenvalue weighted by atomic mass is 32.2. The van der Waals surface area contributed by atoms with E-state index in [9.17, 15) is 4.79 Å². The van der Waals surface area contributed by atoms with Gasteiger partial charge in [0.15, 0.2) is 5.16 Å². The van der Waals surface area contributed by atoms with Crippen molar-refractivity contribution in [3.8, 4) is 11.4 Å². The van der Waals surface area contributed by atoms with Gasteiger partial charge in [0, 0.05) is 5.69 Å². The average Bonchev–Trinajstić information content (AvgIpc) is 3.21. The van der Waals surface area contributed by atoms with Crippen molar-refractivity contribution in [1.82, 2.24) is 14.8 Å². The lowest BCUT2D eigenvalue weighted by atomic mass is 10.1. The summed E-state index contributed by atoms with van der Waals surface area (Å²) in [6.07, 6.45) is 1.62. The lowest BCUT2D eigenvalue weighted by Crippen LogP contribution is -2.22. The molecule has 0 aliphatic rings. The average molecular weight is 404 g/mol. The number of anilines is 1. The number of hydrogen-bond acceptors (Lipinski definition) is 5. The van der Waals surface area contributed by atoms with E-state index in [1.807, 2.05) is 78.2 Å². The predicted molar refractivity (Wildman–Crippen MR) is 116 cm³/mol. The van der Waals surface area contributed by atoms with Gasteiger partial charge >= 0.3 is 0 Å². The van der Waals surface area contributed by atoms with Crippen LogP contribution in [0, 0.1) is 0 Å². The van der Waals surface area contributed by atoms with Crippen LogP contribution in [0.4, 0.5) is 5.69 Å². The molecule has 0 radical (unpaired) electrons. The molecule has 7 heteroatoms. The molecule has 1 aromatic heterocycles. The van der Waals surface area contributed by atoms with Gasteiger partial charge in [0.2, 0.25) is 5.91 Å². The number of carbonyl (C=O) groups excluding carboxylic acids is 1. The van der Waals surface area contributed by atoms with E-state index in [0.717, 1.165) is 22.1 Å². The van der Waals surface area contributed by atoms with Gasteiger partial charge in [-0.15, -0.1) is 10.2 Å². The summed E-state index contributed by atoms with van der Waals surface area (Å²) in [4.78, 5) is 12.7. The van der Waals surface area contributed by atoms with Crippen molar-refractivity contribution in [2.45, 2.75) is 17.3 Å². The van der Waals surface area contributed by atoms with Crippen LogP contribution in [0.15, 0.2) is 78.2 Å². The van der Waals surface area contributed by atoms with Gasteiger partial charge < -0.3 is 10.1 Å². The van der Waals surface area contributed by atoms with Gasteiger partial charge in [-0.05, 0) is 42.0 Å². The minimum Gasteiger partial charge on any atom is -0.495 e. The van der Waals surface area contributed by atoms with Gasteiger partial charge in [-0.3, -0.25) is 9.36 Å². The Morgan fingerprint density at radius 3 is 2.66 bits per heavy atom. The molecule has 29 heavy (non-hydrogen) atoms. The summed E-state index contributed by atoms with van der Waals surface area (Å²) >= 11 is 1.34. The first kappa shape index (κ1) is 19.0. The molecule has 0 saturated carbocycles. The first-order valence-corrected chi connectivity index (χ1v) is 10.0. The van der Waals surface area contributed by atoms with Crippen molar-refractivity contribution < 1.29 is 9.53 Å². The fourth-order valence-corrected chi connectivity index (χ4v) is 3.86. The normalized spacial score (nSPS) is 11.9. The van der Waals surface area contributed by atoms with Gasteiger partial charge in [0.05, 0.1) is 18.0 Å². The van der Waals surface area contributed by atoms with E-state index in [2.05, 4.69) is 15.5 Å². The van der Waals surface area contributed by atoms with Crippen LogP contribution in [0.3, 0.4) is 0 Å². The zero-order valence-corrected chi connectivity index (χ0v) is 16.9. The standard InChI is InChI=1S/C22H20N4O2S/c1-15(21(27)24-18-12-11-16-7-3-4-8-17(16)13-18)29-22-25-23-14-26(22)19-9-5-6-10-20(19)28-2/h3-15H,1-2H3,(H,24,27)/t15-/m1/s1. The van der Waals surface area contributed by atoms with E-state index < -0.39 is 0 Å². The molecule has 1 amide bonds. The maximum absolute atomic E-state index is 12.7. The third-order valence-electron chi connectivity index (χ3n) is 4.53. The minimum atomic E-state index is -0.362. The number of para-hydroxylation sites is 2. The number of aromatic nitrogens is 3. The number of ether oxygens (including phenoxy) is 1. The molecule has 0 unspecified atom stereocenters. The second-order valence-corrected chi connectivity index (χ2v) is 7.77. The number of rotatable bonds is 6. The van der Waals surface area contributed by atoms with Gasteiger partial charge in [0.25, 0.3) is 0 Å². The maximum Gasteiger partial charge on any atom is 0.237 e. The number of thioether (sulfide) groups is 1. The maximum atomic E-state index is 12.7. The van der Waals surface area contributed by atoms with Crippen LogP contribution in [0.1, 0.15) is 6.92 Å². The Balaban J connectivity index is 1.50. The fraction of sp³-hybridized carbons (Fsp3) is 0.136. The Labute approximate surface area is 172 Å². The monoisotopic (exact) mass is 404 g/mol. The molecule has 0 spiro atoms. The first-order valence-electron chi connectivity index (χ1n) is 9.15. The molecule has 3 aromatic carbocycles. The molecule has 0 aliphatic heterocycles. The SMILES string of the molecule is COc1ccccc1-n1cnnc1S[C@H](C)C(=O)Nc1ccc2ccccc2c1. The number of methoxy groups -OCH3 is 1. The van der Waals surface area contributed by atoms with Crippen LogP contribution in [0.2, 0.25) is 0 Å². The van der Waals surface area contributed by atoms with Crippen molar-refractivity contribution in [3.63, 3.8) is 0 Å². The molecule has 0 saturated heterocycles. The van der Waals surface area contributed by atoms with Crippen molar-refractivity contribution in [3.05, 3.63) is 73.1 Å². The van der Waals surface area contributed by atoms with Crippen molar-refractivity contribution in [2.75, 3.05) is 12.4 Å². The third kappa shape index (κ3) is 4.09. The Morgan fingerprint density at radius 2 is 1.83 bits per heavy atom. The highest BCUT2D eigenvalue weighted by molar-refractivity contribution is 8.00.